The van der Waals surface area contributed by atoms with Crippen LogP contribution in [0.15, 0.2) is 18.2 Å². The maximum Gasteiger partial charge on any atom is 0.419 e. The van der Waals surface area contributed by atoms with Crippen LogP contribution in [0.2, 0.25) is 0 Å². The summed E-state index contributed by atoms with van der Waals surface area (Å²) in [6, 6.07) is 3.16. The summed E-state index contributed by atoms with van der Waals surface area (Å²) in [6.07, 6.45) is -4.56. The molecule has 0 unspecified atom stereocenters. The summed E-state index contributed by atoms with van der Waals surface area (Å²) in [5.41, 5.74) is -0.843. The fourth-order valence-corrected chi connectivity index (χ4v) is 1.08. The number of phenols is 1. The molecule has 1 rings (SSSR count). The van der Waals surface area contributed by atoms with Gasteiger partial charge in [0.2, 0.25) is 0 Å². The van der Waals surface area contributed by atoms with Crippen LogP contribution in [0.4, 0.5) is 13.2 Å². The molecule has 0 fully saturated rings. The van der Waals surface area contributed by atoms with Crippen molar-refractivity contribution in [3.05, 3.63) is 29.3 Å². The molecule has 0 aliphatic rings. The zero-order chi connectivity index (χ0) is 12.2. The van der Waals surface area contributed by atoms with E-state index in [1.54, 1.807) is 7.05 Å². The lowest BCUT2D eigenvalue weighted by atomic mass is 10.1. The number of aromatic hydroxyl groups is 1. The average molecular weight is 229 g/mol. The molecule has 0 aromatic heterocycles. The fourth-order valence-electron chi connectivity index (χ4n) is 1.08. The Hall–Kier alpha value is -1.67. The highest BCUT2D eigenvalue weighted by Crippen LogP contribution is 2.35. The largest absolute Gasteiger partial charge is 0.507 e. The van der Waals surface area contributed by atoms with E-state index < -0.39 is 17.5 Å². The van der Waals surface area contributed by atoms with Crippen LogP contribution in [-0.4, -0.2) is 18.7 Å². The third kappa shape index (κ3) is 3.17. The zero-order valence-electron chi connectivity index (χ0n) is 8.52. The third-order valence-corrected chi connectivity index (χ3v) is 1.80. The molecule has 1 aromatic carbocycles. The molecule has 0 bridgehead atoms. The van der Waals surface area contributed by atoms with Crippen LogP contribution in [0.1, 0.15) is 11.1 Å². The highest BCUT2D eigenvalue weighted by atomic mass is 19.4. The Bertz CT molecular complexity index is 429. The van der Waals surface area contributed by atoms with Gasteiger partial charge in [0.1, 0.15) is 5.75 Å². The Labute approximate surface area is 91.1 Å². The van der Waals surface area contributed by atoms with Gasteiger partial charge in [0.05, 0.1) is 12.1 Å². The van der Waals surface area contributed by atoms with Crippen molar-refractivity contribution in [1.82, 2.24) is 5.32 Å². The Morgan fingerprint density at radius 3 is 2.62 bits per heavy atom. The Morgan fingerprint density at radius 1 is 1.38 bits per heavy atom. The van der Waals surface area contributed by atoms with Gasteiger partial charge in [0.25, 0.3) is 0 Å². The van der Waals surface area contributed by atoms with Gasteiger partial charge >= 0.3 is 6.18 Å². The molecule has 16 heavy (non-hydrogen) atoms. The molecule has 0 aliphatic carbocycles. The van der Waals surface area contributed by atoms with Crippen LogP contribution in [-0.2, 0) is 6.18 Å². The summed E-state index contributed by atoms with van der Waals surface area (Å²) < 4.78 is 37.2. The standard InChI is InChI=1S/C11H10F3NO/c1-15-6-2-3-8-4-5-10(16)9(7-8)11(12,13)14/h4-5,7,15-16H,6H2,1H3. The van der Waals surface area contributed by atoms with Crippen molar-refractivity contribution < 1.29 is 18.3 Å². The number of rotatable bonds is 1. The second-order valence-electron chi connectivity index (χ2n) is 3.06. The number of phenolic OH excluding ortho intramolecular Hbond substituents is 1. The summed E-state index contributed by atoms with van der Waals surface area (Å²) >= 11 is 0. The number of hydrogen-bond donors (Lipinski definition) is 2. The molecule has 0 saturated carbocycles. The zero-order valence-corrected chi connectivity index (χ0v) is 8.52. The predicted octanol–water partition coefficient (Wildman–Crippen LogP) is 1.98. The molecular weight excluding hydrogens is 219 g/mol. The van der Waals surface area contributed by atoms with Crippen LogP contribution >= 0.6 is 0 Å². The maximum absolute atomic E-state index is 12.4. The molecule has 0 aliphatic heterocycles. The number of halogens is 3. The first-order chi connectivity index (χ1) is 7.45. The van der Waals surface area contributed by atoms with Crippen molar-refractivity contribution in [2.75, 3.05) is 13.6 Å². The topological polar surface area (TPSA) is 32.3 Å². The van der Waals surface area contributed by atoms with Crippen molar-refractivity contribution in [1.29, 1.82) is 0 Å². The predicted molar refractivity (Wildman–Crippen MR) is 53.9 cm³/mol. The molecule has 2 N–H and O–H groups in total. The molecule has 0 spiro atoms. The lowest BCUT2D eigenvalue weighted by Crippen LogP contribution is -2.06. The van der Waals surface area contributed by atoms with E-state index in [1.165, 1.54) is 6.07 Å². The number of benzene rings is 1. The van der Waals surface area contributed by atoms with E-state index in [0.717, 1.165) is 12.1 Å². The van der Waals surface area contributed by atoms with E-state index in [4.69, 9.17) is 5.11 Å². The van der Waals surface area contributed by atoms with E-state index >= 15 is 0 Å². The highest BCUT2D eigenvalue weighted by molar-refractivity contribution is 5.44. The number of nitrogens with one attached hydrogen (secondary N) is 1. The molecule has 5 heteroatoms. The van der Waals surface area contributed by atoms with E-state index in [-0.39, 0.29) is 5.56 Å². The quantitative estimate of drug-likeness (QED) is 0.722. The fraction of sp³-hybridized carbons (Fsp3) is 0.273. The molecule has 2 nitrogen and oxygen atoms in total. The maximum atomic E-state index is 12.4. The molecule has 86 valence electrons. The molecule has 1 aromatic rings. The average Bonchev–Trinajstić information content (AvgIpc) is 2.19. The summed E-state index contributed by atoms with van der Waals surface area (Å²) in [5, 5.41) is 11.8. The minimum Gasteiger partial charge on any atom is -0.507 e. The molecule has 0 atom stereocenters. The van der Waals surface area contributed by atoms with Gasteiger partial charge in [-0.3, -0.25) is 0 Å². The monoisotopic (exact) mass is 229 g/mol. The summed E-state index contributed by atoms with van der Waals surface area (Å²) in [5.74, 6) is 4.42. The van der Waals surface area contributed by atoms with Crippen molar-refractivity contribution in [2.24, 2.45) is 0 Å². The van der Waals surface area contributed by atoms with Crippen molar-refractivity contribution in [3.8, 4) is 17.6 Å². The summed E-state index contributed by atoms with van der Waals surface area (Å²) in [7, 11) is 1.69. The molecular formula is C11H10F3NO. The van der Waals surface area contributed by atoms with E-state index in [2.05, 4.69) is 17.2 Å². The summed E-state index contributed by atoms with van der Waals surface area (Å²) in [4.78, 5) is 0. The second kappa shape index (κ2) is 4.90. The van der Waals surface area contributed by atoms with Gasteiger partial charge in [-0.1, -0.05) is 11.8 Å². The van der Waals surface area contributed by atoms with Crippen molar-refractivity contribution >= 4 is 0 Å². The molecule has 0 radical (unpaired) electrons. The first-order valence-electron chi connectivity index (χ1n) is 4.49. The SMILES string of the molecule is CNCC#Cc1ccc(O)c(C(F)(F)F)c1. The van der Waals surface area contributed by atoms with Crippen LogP contribution in [0.5, 0.6) is 5.75 Å². The van der Waals surface area contributed by atoms with Crippen LogP contribution in [0, 0.1) is 11.8 Å². The van der Waals surface area contributed by atoms with Gasteiger partial charge in [-0.15, -0.1) is 0 Å². The van der Waals surface area contributed by atoms with Crippen molar-refractivity contribution in [2.45, 2.75) is 6.18 Å². The van der Waals surface area contributed by atoms with E-state index in [0.29, 0.717) is 6.54 Å². The van der Waals surface area contributed by atoms with Gasteiger partial charge in [0, 0.05) is 5.56 Å². The molecule has 0 amide bonds. The van der Waals surface area contributed by atoms with Gasteiger partial charge in [-0.05, 0) is 25.2 Å². The normalized spacial score (nSPS) is 10.8. The van der Waals surface area contributed by atoms with Crippen LogP contribution in [0.3, 0.4) is 0 Å². The van der Waals surface area contributed by atoms with E-state index in [9.17, 15) is 13.2 Å². The van der Waals surface area contributed by atoms with Gasteiger partial charge in [-0.25, -0.2) is 0 Å². The summed E-state index contributed by atoms with van der Waals surface area (Å²) in [6.45, 7) is 0.391. The lowest BCUT2D eigenvalue weighted by Gasteiger charge is -2.08. The Morgan fingerprint density at radius 2 is 2.06 bits per heavy atom. The number of alkyl halides is 3. The smallest absolute Gasteiger partial charge is 0.419 e. The first kappa shape index (κ1) is 12.4. The first-order valence-corrected chi connectivity index (χ1v) is 4.49. The minimum atomic E-state index is -4.56. The van der Waals surface area contributed by atoms with Gasteiger partial charge in [-0.2, -0.15) is 13.2 Å². The van der Waals surface area contributed by atoms with Crippen LogP contribution in [0.25, 0.3) is 0 Å². The lowest BCUT2D eigenvalue weighted by molar-refractivity contribution is -0.138. The minimum absolute atomic E-state index is 0.223. The number of hydrogen-bond acceptors (Lipinski definition) is 2. The highest BCUT2D eigenvalue weighted by Gasteiger charge is 2.33. The van der Waals surface area contributed by atoms with Gasteiger partial charge in [0.15, 0.2) is 0 Å². The van der Waals surface area contributed by atoms with Crippen molar-refractivity contribution in [3.63, 3.8) is 0 Å². The second-order valence-corrected chi connectivity index (χ2v) is 3.06. The Balaban J connectivity index is 3.05. The molecule has 0 heterocycles. The third-order valence-electron chi connectivity index (χ3n) is 1.80. The van der Waals surface area contributed by atoms with E-state index in [1.807, 2.05) is 0 Å². The van der Waals surface area contributed by atoms with Gasteiger partial charge < -0.3 is 10.4 Å². The van der Waals surface area contributed by atoms with Crippen LogP contribution < -0.4 is 5.32 Å². The Kier molecular flexibility index (Phi) is 3.80. The molecule has 0 saturated heterocycles.